The van der Waals surface area contributed by atoms with Crippen molar-refractivity contribution in [2.75, 3.05) is 17.7 Å². The molecule has 3 rings (SSSR count). The molecule has 0 saturated carbocycles. The highest BCUT2D eigenvalue weighted by molar-refractivity contribution is 7.80. The van der Waals surface area contributed by atoms with Crippen LogP contribution in [0.4, 0.5) is 11.4 Å². The molecule has 3 aromatic carbocycles. The smallest absolute Gasteiger partial charge is 0.255 e. The van der Waals surface area contributed by atoms with Gasteiger partial charge in [-0.25, -0.2) is 0 Å². The lowest BCUT2D eigenvalue weighted by atomic mass is 10.2. The molecule has 2 amide bonds. The maximum absolute atomic E-state index is 12.2. The minimum absolute atomic E-state index is 0.172. The van der Waals surface area contributed by atoms with Crippen molar-refractivity contribution >= 4 is 46.6 Å². The number of rotatable bonds is 6. The van der Waals surface area contributed by atoms with Gasteiger partial charge in [-0.05, 0) is 72.4 Å². The molecule has 0 saturated heterocycles. The van der Waals surface area contributed by atoms with E-state index >= 15 is 0 Å². The number of nitrogens with one attached hydrogen (secondary N) is 3. The van der Waals surface area contributed by atoms with E-state index in [-0.39, 0.29) is 16.9 Å². The van der Waals surface area contributed by atoms with Gasteiger partial charge in [0.15, 0.2) is 5.11 Å². The predicted octanol–water partition coefficient (Wildman–Crippen LogP) is 4.47. The van der Waals surface area contributed by atoms with Gasteiger partial charge in [-0.15, -0.1) is 0 Å². The fourth-order valence-corrected chi connectivity index (χ4v) is 2.85. The fraction of sp³-hybridized carbons (Fsp3) is 0.0417. The quantitative estimate of drug-likeness (QED) is 0.396. The summed E-state index contributed by atoms with van der Waals surface area (Å²) in [6.07, 6.45) is 3.08. The lowest BCUT2D eigenvalue weighted by molar-refractivity contribution is -0.115. The van der Waals surface area contributed by atoms with E-state index in [2.05, 4.69) is 16.0 Å². The van der Waals surface area contributed by atoms with Gasteiger partial charge in [-0.1, -0.05) is 30.3 Å². The van der Waals surface area contributed by atoms with Crippen molar-refractivity contribution in [3.8, 4) is 5.75 Å². The number of carbonyl (C=O) groups is 2. The minimum Gasteiger partial charge on any atom is -0.497 e. The van der Waals surface area contributed by atoms with Crippen LogP contribution in [-0.4, -0.2) is 24.0 Å². The Labute approximate surface area is 185 Å². The summed E-state index contributed by atoms with van der Waals surface area (Å²) in [7, 11) is 1.60. The first-order valence-corrected chi connectivity index (χ1v) is 9.85. The van der Waals surface area contributed by atoms with E-state index in [4.69, 9.17) is 17.0 Å². The minimum atomic E-state index is -0.347. The van der Waals surface area contributed by atoms with Crippen molar-refractivity contribution in [1.29, 1.82) is 0 Å². The van der Waals surface area contributed by atoms with Gasteiger partial charge < -0.3 is 15.4 Å². The normalized spacial score (nSPS) is 10.4. The van der Waals surface area contributed by atoms with Crippen molar-refractivity contribution < 1.29 is 14.3 Å². The Balaban J connectivity index is 1.49. The maximum Gasteiger partial charge on any atom is 0.255 e. The van der Waals surface area contributed by atoms with Gasteiger partial charge in [-0.2, -0.15) is 0 Å². The monoisotopic (exact) mass is 431 g/mol. The van der Waals surface area contributed by atoms with Crippen molar-refractivity contribution in [2.24, 2.45) is 0 Å². The first-order chi connectivity index (χ1) is 15.0. The molecule has 3 aromatic rings. The van der Waals surface area contributed by atoms with Gasteiger partial charge in [0.1, 0.15) is 5.75 Å². The largest absolute Gasteiger partial charge is 0.497 e. The molecule has 0 aliphatic heterocycles. The highest BCUT2D eigenvalue weighted by Crippen LogP contribution is 2.15. The second-order valence-electron chi connectivity index (χ2n) is 6.45. The zero-order chi connectivity index (χ0) is 22.1. The number of methoxy groups -OCH3 is 1. The van der Waals surface area contributed by atoms with Gasteiger partial charge >= 0.3 is 0 Å². The number of thiocarbonyl (C=S) groups is 1. The lowest BCUT2D eigenvalue weighted by Gasteiger charge is -2.10. The number of amides is 2. The first-order valence-electron chi connectivity index (χ1n) is 9.44. The van der Waals surface area contributed by atoms with Crippen LogP contribution in [-0.2, 0) is 4.79 Å². The van der Waals surface area contributed by atoms with Crippen LogP contribution in [0.15, 0.2) is 84.9 Å². The molecular weight excluding hydrogens is 410 g/mol. The number of carbonyl (C=O) groups excluding carboxylic acids is 2. The predicted molar refractivity (Wildman–Crippen MR) is 127 cm³/mol. The molecule has 0 aliphatic rings. The first kappa shape index (κ1) is 21.7. The number of anilines is 2. The number of hydrogen-bond donors (Lipinski definition) is 3. The highest BCUT2D eigenvalue weighted by atomic mass is 32.1. The van der Waals surface area contributed by atoms with Crippen molar-refractivity contribution in [2.45, 2.75) is 0 Å². The topological polar surface area (TPSA) is 79.5 Å². The van der Waals surface area contributed by atoms with Gasteiger partial charge in [-0.3, -0.25) is 14.9 Å². The molecule has 0 spiro atoms. The zero-order valence-electron chi connectivity index (χ0n) is 16.8. The average Bonchev–Trinajstić information content (AvgIpc) is 2.80. The molecule has 0 bridgehead atoms. The summed E-state index contributed by atoms with van der Waals surface area (Å²) >= 11 is 5.18. The standard InChI is InChI=1S/C24H21N3O3S/c1-30-21-14-7-17(8-15-21)9-16-22(28)27-24(31)26-20-12-10-19(11-13-20)25-23(29)18-5-3-2-4-6-18/h2-16H,1H3,(H,25,29)(H2,26,27,28,31). The molecule has 3 N–H and O–H groups in total. The van der Waals surface area contributed by atoms with Gasteiger partial charge in [0.2, 0.25) is 5.91 Å². The Morgan fingerprint density at radius 2 is 1.45 bits per heavy atom. The van der Waals surface area contributed by atoms with Gasteiger partial charge in [0.05, 0.1) is 7.11 Å². The molecule has 0 radical (unpaired) electrons. The van der Waals surface area contributed by atoms with Crippen LogP contribution in [0.25, 0.3) is 6.08 Å². The van der Waals surface area contributed by atoms with E-state index in [0.29, 0.717) is 16.9 Å². The summed E-state index contributed by atoms with van der Waals surface area (Å²) in [4.78, 5) is 24.2. The second kappa shape index (κ2) is 10.7. The third-order valence-corrected chi connectivity index (χ3v) is 4.42. The Morgan fingerprint density at radius 1 is 0.839 bits per heavy atom. The Hall–Kier alpha value is -3.97. The Kier molecular flexibility index (Phi) is 7.50. The highest BCUT2D eigenvalue weighted by Gasteiger charge is 2.06. The summed E-state index contributed by atoms with van der Waals surface area (Å²) in [5, 5.41) is 8.52. The summed E-state index contributed by atoms with van der Waals surface area (Å²) in [5.41, 5.74) is 2.78. The molecule has 7 heteroatoms. The zero-order valence-corrected chi connectivity index (χ0v) is 17.6. The summed E-state index contributed by atoms with van der Waals surface area (Å²) < 4.78 is 5.10. The van der Waals surface area contributed by atoms with Crippen LogP contribution in [0.1, 0.15) is 15.9 Å². The molecule has 0 fully saturated rings. The molecule has 0 unspecified atom stereocenters. The van der Waals surface area contributed by atoms with E-state index < -0.39 is 0 Å². The summed E-state index contributed by atoms with van der Waals surface area (Å²) in [6, 6.07) is 23.3. The van der Waals surface area contributed by atoms with Crippen molar-refractivity contribution in [3.63, 3.8) is 0 Å². The van der Waals surface area contributed by atoms with Crippen LogP contribution >= 0.6 is 12.2 Å². The molecule has 0 atom stereocenters. The molecule has 0 heterocycles. The SMILES string of the molecule is COc1ccc(C=CC(=O)NC(=S)Nc2ccc(NC(=O)c3ccccc3)cc2)cc1. The van der Waals surface area contributed by atoms with E-state index in [1.807, 2.05) is 42.5 Å². The number of benzene rings is 3. The average molecular weight is 432 g/mol. The molecule has 0 aliphatic carbocycles. The van der Waals surface area contributed by atoms with Crippen LogP contribution in [0, 0.1) is 0 Å². The van der Waals surface area contributed by atoms with Crippen molar-refractivity contribution in [3.05, 3.63) is 96.1 Å². The summed E-state index contributed by atoms with van der Waals surface area (Å²) in [5.74, 6) is 0.213. The second-order valence-corrected chi connectivity index (χ2v) is 6.86. The molecule has 156 valence electrons. The van der Waals surface area contributed by atoms with Crippen LogP contribution in [0.5, 0.6) is 5.75 Å². The van der Waals surface area contributed by atoms with E-state index in [1.165, 1.54) is 6.08 Å². The molecule has 31 heavy (non-hydrogen) atoms. The maximum atomic E-state index is 12.2. The molecule has 0 aromatic heterocycles. The fourth-order valence-electron chi connectivity index (χ4n) is 2.63. The Bertz CT molecular complexity index is 1080. The molecular formula is C24H21N3O3S. The Morgan fingerprint density at radius 3 is 2.06 bits per heavy atom. The van der Waals surface area contributed by atoms with Crippen LogP contribution in [0.3, 0.4) is 0 Å². The summed E-state index contributed by atoms with van der Waals surface area (Å²) in [6.45, 7) is 0. The lowest BCUT2D eigenvalue weighted by Crippen LogP contribution is -2.32. The van der Waals surface area contributed by atoms with E-state index in [1.54, 1.807) is 49.6 Å². The van der Waals surface area contributed by atoms with Gasteiger partial charge in [0, 0.05) is 23.0 Å². The third kappa shape index (κ3) is 6.80. The third-order valence-electron chi connectivity index (χ3n) is 4.22. The van der Waals surface area contributed by atoms with Crippen LogP contribution < -0.4 is 20.7 Å². The number of hydrogen-bond acceptors (Lipinski definition) is 4. The molecule has 6 nitrogen and oxygen atoms in total. The van der Waals surface area contributed by atoms with Crippen LogP contribution in [0.2, 0.25) is 0 Å². The van der Waals surface area contributed by atoms with Gasteiger partial charge in [0.25, 0.3) is 5.91 Å². The number of ether oxygens (including phenoxy) is 1. The van der Waals surface area contributed by atoms with Crippen molar-refractivity contribution in [1.82, 2.24) is 5.32 Å². The van der Waals surface area contributed by atoms with E-state index in [9.17, 15) is 9.59 Å². The van der Waals surface area contributed by atoms with E-state index in [0.717, 1.165) is 11.3 Å².